The summed E-state index contributed by atoms with van der Waals surface area (Å²) >= 11 is 0. The van der Waals surface area contributed by atoms with Gasteiger partial charge in [0.1, 0.15) is 0 Å². The van der Waals surface area contributed by atoms with Gasteiger partial charge in [-0.15, -0.1) is 0 Å². The second kappa shape index (κ2) is 64.3. The average molecular weight is 802 g/mol. The zero-order valence-electron chi connectivity index (χ0n) is 10.6. The molecule has 0 radical (unpaired) electrons. The molecule has 0 aliphatic rings. The fourth-order valence-electron chi connectivity index (χ4n) is 0. The summed E-state index contributed by atoms with van der Waals surface area (Å²) < 4.78 is 158. The van der Waals surface area contributed by atoms with E-state index in [1.807, 2.05) is 0 Å². The minimum absolute atomic E-state index is 0. The second-order valence-electron chi connectivity index (χ2n) is 2.24. The summed E-state index contributed by atoms with van der Waals surface area (Å²) in [5.41, 5.74) is 0. The molecule has 0 aromatic heterocycles. The molecule has 0 bridgehead atoms. The zero-order chi connectivity index (χ0) is 22.5. The Morgan fingerprint density at radius 1 is 0.184 bits per heavy atom. The van der Waals surface area contributed by atoms with Gasteiger partial charge in [0.25, 0.3) is 0 Å². The Kier molecular flexibility index (Phi) is 198. The van der Waals surface area contributed by atoms with Crippen LogP contribution in [-0.4, -0.2) is 472 Å². The van der Waals surface area contributed by atoms with Gasteiger partial charge in [-0.2, -0.15) is 42.1 Å². The van der Waals surface area contributed by atoms with Crippen molar-refractivity contribution in [2.45, 2.75) is 0 Å². The normalized spacial score (nSPS) is 7.63. The van der Waals surface area contributed by atoms with E-state index in [-0.39, 0.29) is 384 Å². The van der Waals surface area contributed by atoms with Crippen LogP contribution in [-0.2, 0) is 52.0 Å². The Morgan fingerprint density at radius 3 is 0.184 bits per heavy atom. The first-order valence-corrected chi connectivity index (χ1v) is 10.5. The van der Waals surface area contributed by atoms with E-state index in [0.29, 0.717) is 0 Å². The molecule has 0 rings (SSSR count). The third-order valence-corrected chi connectivity index (χ3v) is 0. The van der Waals surface area contributed by atoms with Gasteiger partial charge < -0.3 is 0 Å². The van der Waals surface area contributed by atoms with Gasteiger partial charge in [0.2, 0.25) is 0 Å². The van der Waals surface area contributed by atoms with Gasteiger partial charge >= 0.3 is 436 Å². The van der Waals surface area contributed by atoms with E-state index in [2.05, 4.69) is 0 Å². The molecule has 0 aliphatic carbocycles. The van der Waals surface area contributed by atoms with Gasteiger partial charge in [-0.1, -0.05) is 0 Å². The van der Waals surface area contributed by atoms with Crippen molar-refractivity contribution in [2.24, 2.45) is 0 Å². The van der Waals surface area contributed by atoms with Crippen molar-refractivity contribution in [3.05, 3.63) is 0 Å². The first-order valence-electron chi connectivity index (χ1n) is 3.49. The van der Waals surface area contributed by atoms with Crippen LogP contribution >= 0.6 is 0 Å². The standard InChI is InChI=1S/13Na.5H2O4S.13H/c;;;;;;;;;;;;;5*1-5(2,3)4;;;;;;;;;;;;;/h;;;;;;;;;;;;;5*(H2,1,2,3,4);;;;;;;;;;;;;. The van der Waals surface area contributed by atoms with E-state index >= 15 is 0 Å². The van der Waals surface area contributed by atoms with Crippen LogP contribution < -0.4 is 0 Å². The molecule has 186 valence electrons. The first-order chi connectivity index (χ1) is 10.0. The van der Waals surface area contributed by atoms with Gasteiger partial charge in [0.05, 0.1) is 0 Å². The van der Waals surface area contributed by atoms with E-state index < -0.39 is 52.0 Å². The Bertz CT molecular complexity index is 643. The van der Waals surface area contributed by atoms with Crippen molar-refractivity contribution in [1.29, 1.82) is 0 Å². The molecule has 0 unspecified atom stereocenters. The molecule has 0 aliphatic heterocycles. The molecule has 0 saturated carbocycles. The summed E-state index contributed by atoms with van der Waals surface area (Å²) in [5.74, 6) is 0. The van der Waals surface area contributed by atoms with Crippen LogP contribution in [0.3, 0.4) is 0 Å². The Balaban J connectivity index is -0.00000000758. The Hall–Kier alpha value is 12.3. The van der Waals surface area contributed by atoms with E-state index in [4.69, 9.17) is 87.6 Å². The molecule has 0 atom stereocenters. The number of hydrogen-bond acceptors (Lipinski definition) is 10. The summed E-state index contributed by atoms with van der Waals surface area (Å²) in [4.78, 5) is 0. The third-order valence-electron chi connectivity index (χ3n) is 0. The molecule has 20 nitrogen and oxygen atoms in total. The Morgan fingerprint density at radius 2 is 0.184 bits per heavy atom. The average Bonchev–Trinajstić information content (AvgIpc) is 1.79. The minimum atomic E-state index is -4.67. The quantitative estimate of drug-likeness (QED) is 0.0803. The Labute approximate surface area is 509 Å². The fraction of sp³-hybridized carbons (Fsp3) is 0. The van der Waals surface area contributed by atoms with Gasteiger partial charge in [-0.05, 0) is 0 Å². The molecule has 0 heterocycles. The molecule has 38 heteroatoms. The van der Waals surface area contributed by atoms with Crippen molar-refractivity contribution in [1.82, 2.24) is 0 Å². The molecule has 0 saturated heterocycles. The molecular weight excluding hydrogens is 779 g/mol. The van der Waals surface area contributed by atoms with Crippen molar-refractivity contribution in [2.75, 3.05) is 0 Å². The van der Waals surface area contributed by atoms with E-state index in [9.17, 15) is 0 Å². The molecule has 38 heavy (non-hydrogen) atoms. The molecule has 0 aromatic rings. The summed E-state index contributed by atoms with van der Waals surface area (Å²) in [6, 6.07) is 0. The fourth-order valence-corrected chi connectivity index (χ4v) is 0. The van der Waals surface area contributed by atoms with Crippen molar-refractivity contribution >= 4 is 436 Å². The summed E-state index contributed by atoms with van der Waals surface area (Å²) in [5, 5.41) is 0. The molecule has 10 N–H and O–H groups in total. The van der Waals surface area contributed by atoms with Crippen molar-refractivity contribution < 1.29 is 87.6 Å². The van der Waals surface area contributed by atoms with E-state index in [1.54, 1.807) is 0 Å². The van der Waals surface area contributed by atoms with Gasteiger partial charge in [-0.3, -0.25) is 45.5 Å². The summed E-state index contributed by atoms with van der Waals surface area (Å²) in [6.45, 7) is 0. The molecule has 0 aromatic carbocycles. The topological polar surface area (TPSA) is 373 Å². The zero-order valence-corrected chi connectivity index (χ0v) is 14.7. The van der Waals surface area contributed by atoms with Crippen LogP contribution in [0, 0.1) is 0 Å². The van der Waals surface area contributed by atoms with Gasteiger partial charge in [-0.25, -0.2) is 0 Å². The summed E-state index contributed by atoms with van der Waals surface area (Å²) in [7, 11) is -23.3. The maximum atomic E-state index is 8.74. The summed E-state index contributed by atoms with van der Waals surface area (Å²) in [6.07, 6.45) is 0. The predicted molar refractivity (Wildman–Crippen MR) is 164 cm³/mol. The molecule has 0 fully saturated rings. The molecular formula is H23Na13O20S5. The van der Waals surface area contributed by atoms with Crippen LogP contribution in [0.1, 0.15) is 0 Å². The van der Waals surface area contributed by atoms with Crippen molar-refractivity contribution in [3.8, 4) is 0 Å². The number of rotatable bonds is 0. The molecule has 0 amide bonds. The van der Waals surface area contributed by atoms with Crippen LogP contribution in [0.5, 0.6) is 0 Å². The molecule has 0 spiro atoms. The SMILES string of the molecule is O=S(=O)(O)O.O=S(=O)(O)O.O=S(=O)(O)O.O=S(=O)(O)O.O=S(=O)(O)O.[NaH].[NaH].[NaH].[NaH].[NaH].[NaH].[NaH].[NaH].[NaH].[NaH].[NaH].[NaH].[NaH]. The monoisotopic (exact) mass is 802 g/mol. The van der Waals surface area contributed by atoms with Crippen LogP contribution in [0.2, 0.25) is 0 Å². The predicted octanol–water partition coefficient (Wildman–Crippen LogP) is -11.7. The van der Waals surface area contributed by atoms with Crippen molar-refractivity contribution in [3.63, 3.8) is 0 Å². The van der Waals surface area contributed by atoms with Crippen LogP contribution in [0.15, 0.2) is 0 Å². The van der Waals surface area contributed by atoms with Gasteiger partial charge in [0.15, 0.2) is 0 Å². The van der Waals surface area contributed by atoms with E-state index in [1.165, 1.54) is 0 Å². The van der Waals surface area contributed by atoms with E-state index in [0.717, 1.165) is 0 Å². The number of hydrogen-bond donors (Lipinski definition) is 10. The maximum absolute atomic E-state index is 8.74. The van der Waals surface area contributed by atoms with Gasteiger partial charge in [0, 0.05) is 0 Å². The first kappa shape index (κ1) is 117. The van der Waals surface area contributed by atoms with Crippen LogP contribution in [0.25, 0.3) is 0 Å². The third kappa shape index (κ3) is 711. The van der Waals surface area contributed by atoms with Crippen LogP contribution in [0.4, 0.5) is 0 Å². The second-order valence-corrected chi connectivity index (χ2v) is 6.72.